The molecule has 1 N–H and O–H groups in total. The second-order valence-corrected chi connectivity index (χ2v) is 10.6. The second-order valence-electron chi connectivity index (χ2n) is 10.6. The summed E-state index contributed by atoms with van der Waals surface area (Å²) in [7, 11) is 0. The van der Waals surface area contributed by atoms with E-state index in [-0.39, 0.29) is 16.9 Å². The number of benzene rings is 3. The van der Waals surface area contributed by atoms with E-state index in [4.69, 9.17) is 4.74 Å². The van der Waals surface area contributed by atoms with E-state index in [2.05, 4.69) is 0 Å². The van der Waals surface area contributed by atoms with Crippen LogP contribution in [0.3, 0.4) is 0 Å². The van der Waals surface area contributed by atoms with Crippen LogP contribution in [0.25, 0.3) is 0 Å². The monoisotopic (exact) mass is 611 g/mol. The summed E-state index contributed by atoms with van der Waals surface area (Å²) in [5, 5.41) is 9.76. The molecule has 3 nitrogen and oxygen atoms in total. The molecule has 3 aromatic carbocycles. The Bertz CT molecular complexity index is 1360. The van der Waals surface area contributed by atoms with E-state index < -0.39 is 54.5 Å². The summed E-state index contributed by atoms with van der Waals surface area (Å²) < 4.78 is 141. The van der Waals surface area contributed by atoms with E-state index in [0.29, 0.717) is 11.8 Å². The maximum atomic E-state index is 14.7. The lowest BCUT2D eigenvalue weighted by Gasteiger charge is -2.32. The minimum absolute atomic E-state index is 0.0901. The number of aliphatic hydroxyl groups excluding tert-OH is 1. The molecule has 0 saturated carbocycles. The van der Waals surface area contributed by atoms with Gasteiger partial charge in [0.1, 0.15) is 11.5 Å². The van der Waals surface area contributed by atoms with Gasteiger partial charge < -0.3 is 14.7 Å². The van der Waals surface area contributed by atoms with E-state index in [1.165, 1.54) is 24.3 Å². The molecule has 0 aliphatic heterocycles. The summed E-state index contributed by atoms with van der Waals surface area (Å²) in [6.07, 6.45) is -14.8. The van der Waals surface area contributed by atoms with E-state index in [0.717, 1.165) is 28.7 Å². The van der Waals surface area contributed by atoms with Crippen LogP contribution < -0.4 is 9.64 Å². The Hall–Kier alpha value is -3.48. The lowest BCUT2D eigenvalue weighted by molar-refractivity contribution is -0.359. The first-order valence-electron chi connectivity index (χ1n) is 12.4. The third kappa shape index (κ3) is 7.29. The predicted octanol–water partition coefficient (Wildman–Crippen LogP) is 9.00. The van der Waals surface area contributed by atoms with Crippen molar-refractivity contribution in [3.63, 3.8) is 0 Å². The van der Waals surface area contributed by atoms with Crippen LogP contribution in [0, 0.1) is 0 Å². The van der Waals surface area contributed by atoms with Gasteiger partial charge in [0.05, 0.1) is 6.54 Å². The largest absolute Gasteiger partial charge is 0.460 e. The minimum Gasteiger partial charge on any atom is -0.457 e. The van der Waals surface area contributed by atoms with Gasteiger partial charge in [-0.25, -0.2) is 0 Å². The van der Waals surface area contributed by atoms with Crippen LogP contribution in [0.4, 0.5) is 49.6 Å². The van der Waals surface area contributed by atoms with Crippen molar-refractivity contribution < 1.29 is 53.7 Å². The number of aliphatic hydroxyl groups is 1. The molecule has 0 saturated heterocycles. The maximum Gasteiger partial charge on any atom is 0.460 e. The molecule has 0 fully saturated rings. The van der Waals surface area contributed by atoms with Crippen LogP contribution in [-0.4, -0.2) is 36.0 Å². The number of anilines is 1. The van der Waals surface area contributed by atoms with Crippen molar-refractivity contribution in [2.45, 2.75) is 63.0 Å². The molecule has 0 amide bonds. The second kappa shape index (κ2) is 11.7. The van der Waals surface area contributed by atoms with Crippen molar-refractivity contribution in [2.24, 2.45) is 0 Å². The number of nitrogens with zero attached hydrogens (tertiary/aromatic N) is 1. The molecule has 1 atom stereocenters. The summed E-state index contributed by atoms with van der Waals surface area (Å²) in [6, 6.07) is 15.2. The molecule has 42 heavy (non-hydrogen) atoms. The molecule has 3 aromatic rings. The third-order valence-corrected chi connectivity index (χ3v) is 6.36. The van der Waals surface area contributed by atoms with Crippen LogP contribution in [0.2, 0.25) is 0 Å². The van der Waals surface area contributed by atoms with Crippen molar-refractivity contribution in [1.82, 2.24) is 0 Å². The van der Waals surface area contributed by atoms with E-state index in [1.54, 1.807) is 18.2 Å². The fourth-order valence-electron chi connectivity index (χ4n) is 4.00. The SMILES string of the molecule is CC(C)(C)c1cccc(Oc2cccc(N(Cc3ccccc3C(F)(F)C(F)(F)C(F)(F)F)C[C@@H](O)C(F)(F)F)c2)c1. The Morgan fingerprint density at radius 2 is 1.31 bits per heavy atom. The number of hydrogen-bond acceptors (Lipinski definition) is 3. The Kier molecular flexibility index (Phi) is 9.17. The lowest BCUT2D eigenvalue weighted by Crippen LogP contribution is -2.50. The Morgan fingerprint density at radius 1 is 0.738 bits per heavy atom. The maximum absolute atomic E-state index is 14.7. The zero-order valence-corrected chi connectivity index (χ0v) is 22.5. The van der Waals surface area contributed by atoms with E-state index in [1.807, 2.05) is 26.8 Å². The summed E-state index contributed by atoms with van der Waals surface area (Å²) >= 11 is 0. The number of alkyl halides is 10. The summed E-state index contributed by atoms with van der Waals surface area (Å²) in [6.45, 7) is 3.63. The average molecular weight is 612 g/mol. The molecular formula is C29H27F10NO2. The van der Waals surface area contributed by atoms with Crippen LogP contribution >= 0.6 is 0 Å². The van der Waals surface area contributed by atoms with Gasteiger partial charge in [-0.15, -0.1) is 0 Å². The highest BCUT2D eigenvalue weighted by Crippen LogP contribution is 2.52. The van der Waals surface area contributed by atoms with Gasteiger partial charge in [0.15, 0.2) is 6.10 Å². The Labute approximate surface area is 235 Å². The quantitative estimate of drug-likeness (QED) is 0.245. The smallest absolute Gasteiger partial charge is 0.457 e. The normalized spacial score (nSPS) is 14.0. The first-order chi connectivity index (χ1) is 19.1. The van der Waals surface area contributed by atoms with E-state index >= 15 is 0 Å². The molecule has 0 radical (unpaired) electrons. The summed E-state index contributed by atoms with van der Waals surface area (Å²) in [4.78, 5) is 0.733. The van der Waals surface area contributed by atoms with Gasteiger partial charge in [-0.1, -0.05) is 63.2 Å². The molecule has 0 aliphatic rings. The number of halogens is 10. The highest BCUT2D eigenvalue weighted by atomic mass is 19.4. The van der Waals surface area contributed by atoms with Crippen molar-refractivity contribution in [2.75, 3.05) is 11.4 Å². The van der Waals surface area contributed by atoms with Crippen LogP contribution in [0.15, 0.2) is 72.8 Å². The van der Waals surface area contributed by atoms with Crippen molar-refractivity contribution >= 4 is 5.69 Å². The van der Waals surface area contributed by atoms with Crippen LogP contribution in [-0.2, 0) is 17.9 Å². The van der Waals surface area contributed by atoms with Gasteiger partial charge in [-0.05, 0) is 40.8 Å². The third-order valence-electron chi connectivity index (χ3n) is 6.36. The molecule has 0 heterocycles. The summed E-state index contributed by atoms with van der Waals surface area (Å²) in [5.41, 5.74) is -2.01. The molecular weight excluding hydrogens is 584 g/mol. The van der Waals surface area contributed by atoms with Crippen molar-refractivity contribution in [3.05, 3.63) is 89.5 Å². The van der Waals surface area contributed by atoms with Crippen LogP contribution in [0.5, 0.6) is 11.5 Å². The molecule has 0 spiro atoms. The minimum atomic E-state index is -6.62. The fraction of sp³-hybridized carbons (Fsp3) is 0.379. The van der Waals surface area contributed by atoms with Crippen LogP contribution in [0.1, 0.15) is 37.5 Å². The lowest BCUT2D eigenvalue weighted by atomic mass is 9.87. The molecule has 0 unspecified atom stereocenters. The molecule has 3 rings (SSSR count). The predicted molar refractivity (Wildman–Crippen MR) is 136 cm³/mol. The molecule has 13 heteroatoms. The molecule has 0 bridgehead atoms. The number of hydrogen-bond donors (Lipinski definition) is 1. The van der Waals surface area contributed by atoms with Gasteiger partial charge in [-0.3, -0.25) is 0 Å². The molecule has 0 aromatic heterocycles. The summed E-state index contributed by atoms with van der Waals surface area (Å²) in [5.74, 6) is -11.8. The highest BCUT2D eigenvalue weighted by molar-refractivity contribution is 5.53. The van der Waals surface area contributed by atoms with Gasteiger partial charge in [-0.2, -0.15) is 43.9 Å². The zero-order valence-electron chi connectivity index (χ0n) is 22.5. The first kappa shape index (κ1) is 33.0. The van der Waals surface area contributed by atoms with Crippen molar-refractivity contribution in [3.8, 4) is 11.5 Å². The Morgan fingerprint density at radius 3 is 1.88 bits per heavy atom. The molecule has 0 aliphatic carbocycles. The van der Waals surface area contributed by atoms with Gasteiger partial charge in [0.25, 0.3) is 0 Å². The number of ether oxygens (including phenoxy) is 1. The van der Waals surface area contributed by atoms with Gasteiger partial charge in [0, 0.05) is 23.9 Å². The number of rotatable bonds is 9. The zero-order chi connectivity index (χ0) is 31.7. The average Bonchev–Trinajstić information content (AvgIpc) is 2.87. The Balaban J connectivity index is 2.04. The highest BCUT2D eigenvalue weighted by Gasteiger charge is 2.73. The standard InChI is InChI=1S/C29H27F10NO2/c1-25(2,3)19-9-6-11-21(14-19)42-22-12-7-10-20(15-22)40(17-24(41)27(32,33)34)16-18-8-4-5-13-23(18)26(30,31)28(35,36)29(37,38)39/h4-15,24,41H,16-17H2,1-3H3/t24-/m1/s1. The fourth-order valence-corrected chi connectivity index (χ4v) is 4.00. The van der Waals surface area contributed by atoms with E-state index in [9.17, 15) is 49.0 Å². The van der Waals surface area contributed by atoms with Gasteiger partial charge in [0.2, 0.25) is 0 Å². The van der Waals surface area contributed by atoms with Crippen molar-refractivity contribution in [1.29, 1.82) is 0 Å². The first-order valence-corrected chi connectivity index (χ1v) is 12.4. The van der Waals surface area contributed by atoms with Gasteiger partial charge >= 0.3 is 24.2 Å². The topological polar surface area (TPSA) is 32.7 Å². The molecule has 230 valence electrons.